The van der Waals surface area contributed by atoms with E-state index in [1.807, 2.05) is 0 Å². The van der Waals surface area contributed by atoms with Crippen LogP contribution in [0, 0.1) is 6.92 Å². The summed E-state index contributed by atoms with van der Waals surface area (Å²) in [5.41, 5.74) is 1.45. The second-order valence-corrected chi connectivity index (χ2v) is 8.09. The Morgan fingerprint density at radius 1 is 1.11 bits per heavy atom. The number of nitrogens with zero attached hydrogens (tertiary/aromatic N) is 1. The van der Waals surface area contributed by atoms with Crippen molar-refractivity contribution in [2.75, 3.05) is 12.4 Å². The Morgan fingerprint density at radius 3 is 2.39 bits per heavy atom. The number of carbonyl (C=O) groups excluding carboxylic acids is 2. The maximum atomic E-state index is 13.6. The van der Waals surface area contributed by atoms with E-state index in [4.69, 9.17) is 20.8 Å². The number of furan rings is 1. The molecule has 1 aromatic carbocycles. The van der Waals surface area contributed by atoms with Crippen LogP contribution >= 0.6 is 11.6 Å². The van der Waals surface area contributed by atoms with Crippen LogP contribution in [0.2, 0.25) is 5.02 Å². The third kappa shape index (κ3) is 4.86. The molecule has 1 aliphatic carbocycles. The molecule has 2 aromatic rings. The molecule has 7 nitrogen and oxygen atoms in total. The fourth-order valence-electron chi connectivity index (χ4n) is 3.46. The molecular weight excluding hydrogens is 527 g/mol. The van der Waals surface area contributed by atoms with Crippen molar-refractivity contribution in [1.82, 2.24) is 5.43 Å². The number of methoxy groups -OCH3 is 1. The van der Waals surface area contributed by atoms with E-state index in [0.717, 1.165) is 5.43 Å². The SMILES string of the molecule is COc1ccc(Cl)cc1NC(=O)c1oc2c(c1C)/C(=N/NC(=O)C(F)(F)C(F)(F)C(F)(F)F)CCC2. The lowest BCUT2D eigenvalue weighted by atomic mass is 9.93. The number of ether oxygens (including phenoxy) is 1. The molecule has 36 heavy (non-hydrogen) atoms. The van der Waals surface area contributed by atoms with Gasteiger partial charge in [-0.2, -0.15) is 35.8 Å². The number of hydrazone groups is 1. The van der Waals surface area contributed by atoms with Gasteiger partial charge in [0.25, 0.3) is 5.91 Å². The largest absolute Gasteiger partial charge is 0.495 e. The minimum absolute atomic E-state index is 0.0259. The van der Waals surface area contributed by atoms with Gasteiger partial charge in [-0.15, -0.1) is 0 Å². The number of hydrogen-bond donors (Lipinski definition) is 2. The minimum atomic E-state index is -6.67. The van der Waals surface area contributed by atoms with Crippen molar-refractivity contribution in [3.8, 4) is 5.75 Å². The number of carbonyl (C=O) groups is 2. The third-order valence-electron chi connectivity index (χ3n) is 5.27. The van der Waals surface area contributed by atoms with Crippen LogP contribution < -0.4 is 15.5 Å². The molecule has 0 atom stereocenters. The van der Waals surface area contributed by atoms with Crippen LogP contribution in [0.5, 0.6) is 5.75 Å². The van der Waals surface area contributed by atoms with Gasteiger partial charge >= 0.3 is 23.9 Å². The fraction of sp³-hybridized carbons (Fsp3) is 0.381. The second kappa shape index (κ2) is 9.64. The van der Waals surface area contributed by atoms with Crippen molar-refractivity contribution < 1.29 is 49.5 Å². The monoisotopic (exact) mass is 543 g/mol. The predicted molar refractivity (Wildman–Crippen MR) is 113 cm³/mol. The molecule has 0 radical (unpaired) electrons. The average Bonchev–Trinajstić information content (AvgIpc) is 3.14. The van der Waals surface area contributed by atoms with Crippen molar-refractivity contribution >= 4 is 34.8 Å². The average molecular weight is 544 g/mol. The molecule has 0 spiro atoms. The van der Waals surface area contributed by atoms with Gasteiger partial charge in [-0.25, -0.2) is 5.43 Å². The van der Waals surface area contributed by atoms with Crippen LogP contribution in [-0.2, 0) is 11.2 Å². The van der Waals surface area contributed by atoms with Gasteiger partial charge < -0.3 is 14.5 Å². The topological polar surface area (TPSA) is 92.9 Å². The van der Waals surface area contributed by atoms with E-state index >= 15 is 0 Å². The standard InChI is InChI=1S/C21H17ClF7N3O4/c1-9-15-11(31-32-18(34)19(23,24)20(25,26)21(27,28)29)4-3-5-14(15)36-16(9)17(33)30-12-8-10(22)6-7-13(12)35-2/h6-8H,3-5H2,1-2H3,(H,30,33)(H,32,34)/b31-11+. The number of amides is 2. The number of benzene rings is 1. The van der Waals surface area contributed by atoms with Crippen molar-refractivity contribution in [2.45, 2.75) is 44.2 Å². The number of rotatable bonds is 6. The van der Waals surface area contributed by atoms with Gasteiger partial charge in [0.1, 0.15) is 11.5 Å². The first-order chi connectivity index (χ1) is 16.6. The Balaban J connectivity index is 1.88. The molecule has 2 N–H and O–H groups in total. The molecule has 0 saturated heterocycles. The molecule has 0 fully saturated rings. The van der Waals surface area contributed by atoms with E-state index in [-0.39, 0.29) is 52.6 Å². The lowest BCUT2D eigenvalue weighted by Crippen LogP contribution is -2.58. The molecule has 1 heterocycles. The highest BCUT2D eigenvalue weighted by atomic mass is 35.5. The number of aryl methyl sites for hydroxylation is 1. The molecule has 2 amide bonds. The van der Waals surface area contributed by atoms with E-state index < -0.39 is 29.8 Å². The summed E-state index contributed by atoms with van der Waals surface area (Å²) in [4.78, 5) is 24.4. The first kappa shape index (κ1) is 27.3. The smallest absolute Gasteiger partial charge is 0.460 e. The molecule has 0 aliphatic heterocycles. The fourth-order valence-corrected chi connectivity index (χ4v) is 3.63. The molecular formula is C21H17ClF7N3O4. The summed E-state index contributed by atoms with van der Waals surface area (Å²) in [5.74, 6) is -16.2. The number of anilines is 1. The van der Waals surface area contributed by atoms with Crippen LogP contribution in [-0.4, -0.2) is 42.7 Å². The number of fused-ring (bicyclic) bond motifs is 1. The van der Waals surface area contributed by atoms with E-state index in [9.17, 15) is 40.3 Å². The minimum Gasteiger partial charge on any atom is -0.495 e. The van der Waals surface area contributed by atoms with Crippen molar-refractivity contribution in [1.29, 1.82) is 0 Å². The maximum Gasteiger partial charge on any atom is 0.460 e. The molecule has 0 saturated carbocycles. The Bertz CT molecular complexity index is 1220. The van der Waals surface area contributed by atoms with Crippen LogP contribution in [0.1, 0.15) is 40.3 Å². The van der Waals surface area contributed by atoms with Gasteiger partial charge in [0.15, 0.2) is 5.76 Å². The normalized spacial score (nSPS) is 15.4. The van der Waals surface area contributed by atoms with Crippen molar-refractivity contribution in [2.24, 2.45) is 5.10 Å². The lowest BCUT2D eigenvalue weighted by molar-refractivity contribution is -0.344. The zero-order valence-corrected chi connectivity index (χ0v) is 19.2. The van der Waals surface area contributed by atoms with Gasteiger partial charge in [0, 0.05) is 22.6 Å². The summed E-state index contributed by atoms with van der Waals surface area (Å²) in [6.07, 6.45) is -6.07. The predicted octanol–water partition coefficient (Wildman–Crippen LogP) is 5.49. The summed E-state index contributed by atoms with van der Waals surface area (Å²) in [5, 5.41) is 6.18. The van der Waals surface area contributed by atoms with E-state index in [1.165, 1.54) is 32.2 Å². The zero-order valence-electron chi connectivity index (χ0n) is 18.5. The van der Waals surface area contributed by atoms with Gasteiger partial charge in [-0.3, -0.25) is 9.59 Å². The van der Waals surface area contributed by atoms with E-state index in [2.05, 4.69) is 10.4 Å². The second-order valence-electron chi connectivity index (χ2n) is 7.65. The number of alkyl halides is 7. The molecule has 0 unspecified atom stereocenters. The van der Waals surface area contributed by atoms with Gasteiger partial charge in [-0.1, -0.05) is 11.6 Å². The molecule has 1 aromatic heterocycles. The Kier molecular flexibility index (Phi) is 7.31. The van der Waals surface area contributed by atoms with E-state index in [0.29, 0.717) is 11.4 Å². The molecule has 1 aliphatic rings. The molecule has 196 valence electrons. The Labute approximate surface area is 203 Å². The van der Waals surface area contributed by atoms with Crippen LogP contribution in [0.3, 0.4) is 0 Å². The quantitative estimate of drug-likeness (QED) is 0.372. The third-order valence-corrected chi connectivity index (χ3v) is 5.50. The number of hydrogen-bond acceptors (Lipinski definition) is 5. The zero-order chi connectivity index (χ0) is 27.1. The summed E-state index contributed by atoms with van der Waals surface area (Å²) in [6.45, 7) is 1.42. The molecule has 15 heteroatoms. The van der Waals surface area contributed by atoms with Crippen LogP contribution in [0.4, 0.5) is 36.4 Å². The number of nitrogens with one attached hydrogen (secondary N) is 2. The molecule has 0 bridgehead atoms. The summed E-state index contributed by atoms with van der Waals surface area (Å²) < 4.78 is 101. The Hall–Kier alpha value is -3.29. The maximum absolute atomic E-state index is 13.6. The van der Waals surface area contributed by atoms with Gasteiger partial charge in [-0.05, 0) is 38.0 Å². The van der Waals surface area contributed by atoms with Gasteiger partial charge in [0.2, 0.25) is 0 Å². The highest BCUT2D eigenvalue weighted by Crippen LogP contribution is 2.46. The summed E-state index contributed by atoms with van der Waals surface area (Å²) in [6, 6.07) is 4.44. The molecule has 3 rings (SSSR count). The first-order valence-corrected chi connectivity index (χ1v) is 10.5. The highest BCUT2D eigenvalue weighted by molar-refractivity contribution is 6.31. The van der Waals surface area contributed by atoms with Crippen molar-refractivity contribution in [3.63, 3.8) is 0 Å². The highest BCUT2D eigenvalue weighted by Gasteiger charge is 2.76. The van der Waals surface area contributed by atoms with E-state index in [1.54, 1.807) is 0 Å². The van der Waals surface area contributed by atoms with Crippen LogP contribution in [0.25, 0.3) is 0 Å². The summed E-state index contributed by atoms with van der Waals surface area (Å²) in [7, 11) is 1.36. The van der Waals surface area contributed by atoms with Crippen molar-refractivity contribution in [3.05, 3.63) is 45.9 Å². The first-order valence-electron chi connectivity index (χ1n) is 10.1. The summed E-state index contributed by atoms with van der Waals surface area (Å²) >= 11 is 5.94. The Morgan fingerprint density at radius 2 is 1.78 bits per heavy atom. The van der Waals surface area contributed by atoms with Gasteiger partial charge in [0.05, 0.1) is 18.5 Å². The van der Waals surface area contributed by atoms with Crippen LogP contribution in [0.15, 0.2) is 27.7 Å². The number of halogens is 8. The lowest BCUT2D eigenvalue weighted by Gasteiger charge is -2.26.